The first-order valence-electron chi connectivity index (χ1n) is 6.73. The normalized spacial score (nSPS) is 13.5. The van der Waals surface area contributed by atoms with Crippen molar-refractivity contribution >= 4 is 10.9 Å². The average Bonchev–Trinajstić information content (AvgIpc) is 2.96. The van der Waals surface area contributed by atoms with Crippen molar-refractivity contribution < 1.29 is 0 Å². The fourth-order valence-electron chi connectivity index (χ4n) is 2.41. The van der Waals surface area contributed by atoms with Gasteiger partial charge in [0.1, 0.15) is 0 Å². The van der Waals surface area contributed by atoms with Gasteiger partial charge >= 0.3 is 0 Å². The summed E-state index contributed by atoms with van der Waals surface area (Å²) in [6, 6.07) is 18.9. The van der Waals surface area contributed by atoms with Crippen LogP contribution in [0.5, 0.6) is 0 Å². The summed E-state index contributed by atoms with van der Waals surface area (Å²) in [5.74, 6) is 0. The Morgan fingerprint density at radius 2 is 1.58 bits per heavy atom. The third-order valence-corrected chi connectivity index (χ3v) is 3.47. The lowest BCUT2D eigenvalue weighted by molar-refractivity contribution is 0.644. The van der Waals surface area contributed by atoms with Gasteiger partial charge in [-0.1, -0.05) is 42.5 Å². The highest BCUT2D eigenvalue weighted by Crippen LogP contribution is 2.11. The van der Waals surface area contributed by atoms with Crippen LogP contribution in [-0.2, 0) is 13.0 Å². The first kappa shape index (κ1) is 12.0. The summed E-state index contributed by atoms with van der Waals surface area (Å²) in [5.41, 5.74) is 4.19. The van der Waals surface area contributed by atoms with E-state index < -0.39 is 0 Å². The summed E-state index contributed by atoms with van der Waals surface area (Å²) in [7, 11) is 0. The summed E-state index contributed by atoms with van der Waals surface area (Å²) in [5, 5.41) is 4.62. The molecule has 0 bridgehead atoms. The number of benzene rings is 2. The monoisotopic (exact) mass is 250 g/mol. The van der Waals surface area contributed by atoms with E-state index in [0.29, 0.717) is 0 Å². The van der Waals surface area contributed by atoms with E-state index in [-0.39, 0.29) is 0 Å². The second-order valence-corrected chi connectivity index (χ2v) is 4.76. The first-order chi connectivity index (χ1) is 9.43. The van der Waals surface area contributed by atoms with E-state index in [2.05, 4.69) is 52.8 Å². The molecule has 0 fully saturated rings. The predicted molar refractivity (Wildman–Crippen MR) is 80.2 cm³/mol. The Morgan fingerprint density at radius 1 is 0.789 bits per heavy atom. The molecule has 0 saturated carbocycles. The maximum absolute atomic E-state index is 3.34. The molecule has 0 atom stereocenters. The van der Waals surface area contributed by atoms with E-state index in [0.717, 1.165) is 13.1 Å². The maximum Gasteiger partial charge on any atom is 0.0453 e. The fraction of sp³-hybridized carbons (Fsp3) is 0.176. The zero-order valence-corrected chi connectivity index (χ0v) is 10.9. The maximum atomic E-state index is 3.34. The van der Waals surface area contributed by atoms with Crippen molar-refractivity contribution in [1.82, 2.24) is 10.3 Å². The molecule has 0 unspecified atom stereocenters. The Hall–Kier alpha value is -2.06. The van der Waals surface area contributed by atoms with Crippen LogP contribution in [0.25, 0.3) is 10.9 Å². The van der Waals surface area contributed by atoms with Gasteiger partial charge in [-0.3, -0.25) is 0 Å². The van der Waals surface area contributed by atoms with Gasteiger partial charge in [-0.25, -0.2) is 0 Å². The van der Waals surface area contributed by atoms with Crippen LogP contribution in [0.15, 0.2) is 60.8 Å². The summed E-state index contributed by atoms with van der Waals surface area (Å²) in [6.07, 6.45) is 3.14. The SMILES string of the molecule is c1ccc2[nH]ccc2c1.c1ccc2c(c1)CCNC2. The van der Waals surface area contributed by atoms with E-state index in [1.807, 2.05) is 18.3 Å². The second-order valence-electron chi connectivity index (χ2n) is 4.76. The van der Waals surface area contributed by atoms with E-state index in [1.54, 1.807) is 0 Å². The van der Waals surface area contributed by atoms with E-state index in [4.69, 9.17) is 0 Å². The van der Waals surface area contributed by atoms with Crippen molar-refractivity contribution in [3.05, 3.63) is 71.9 Å². The number of H-pyrrole nitrogens is 1. The summed E-state index contributed by atoms with van der Waals surface area (Å²) in [4.78, 5) is 3.12. The van der Waals surface area contributed by atoms with Gasteiger partial charge in [-0.05, 0) is 41.6 Å². The molecule has 4 rings (SSSR count). The van der Waals surface area contributed by atoms with Gasteiger partial charge in [0.05, 0.1) is 0 Å². The van der Waals surface area contributed by atoms with E-state index >= 15 is 0 Å². The Balaban J connectivity index is 0.000000117. The predicted octanol–water partition coefficient (Wildman–Crippen LogP) is 3.50. The molecule has 19 heavy (non-hydrogen) atoms. The lowest BCUT2D eigenvalue weighted by Gasteiger charge is -2.15. The molecule has 3 aromatic rings. The second kappa shape index (κ2) is 5.72. The quantitative estimate of drug-likeness (QED) is 0.628. The molecule has 0 spiro atoms. The number of hydrogen-bond donors (Lipinski definition) is 2. The molecule has 0 radical (unpaired) electrons. The molecule has 0 amide bonds. The molecular formula is C17H18N2. The van der Waals surface area contributed by atoms with Gasteiger partial charge in [0.25, 0.3) is 0 Å². The summed E-state index contributed by atoms with van der Waals surface area (Å²) in [6.45, 7) is 2.19. The number of aromatic nitrogens is 1. The number of fused-ring (bicyclic) bond motifs is 2. The highest BCUT2D eigenvalue weighted by atomic mass is 14.9. The van der Waals surface area contributed by atoms with Crippen LogP contribution >= 0.6 is 0 Å². The van der Waals surface area contributed by atoms with Crippen LogP contribution in [0.2, 0.25) is 0 Å². The summed E-state index contributed by atoms with van der Waals surface area (Å²) >= 11 is 0. The highest BCUT2D eigenvalue weighted by Gasteiger charge is 2.05. The van der Waals surface area contributed by atoms with Crippen LogP contribution in [0.3, 0.4) is 0 Å². The topological polar surface area (TPSA) is 27.8 Å². The summed E-state index contributed by atoms with van der Waals surface area (Å²) < 4.78 is 0. The molecule has 0 saturated heterocycles. The molecule has 1 aliphatic rings. The number of para-hydroxylation sites is 1. The van der Waals surface area contributed by atoms with Gasteiger partial charge in [0.2, 0.25) is 0 Å². The van der Waals surface area contributed by atoms with Crippen molar-refractivity contribution in [2.45, 2.75) is 13.0 Å². The van der Waals surface area contributed by atoms with Crippen LogP contribution in [0.1, 0.15) is 11.1 Å². The van der Waals surface area contributed by atoms with Crippen molar-refractivity contribution in [3.63, 3.8) is 0 Å². The minimum absolute atomic E-state index is 1.05. The van der Waals surface area contributed by atoms with Crippen molar-refractivity contribution in [2.24, 2.45) is 0 Å². The Morgan fingerprint density at radius 3 is 2.42 bits per heavy atom. The van der Waals surface area contributed by atoms with E-state index in [1.165, 1.54) is 28.5 Å². The smallest absolute Gasteiger partial charge is 0.0453 e. The molecule has 2 N–H and O–H groups in total. The van der Waals surface area contributed by atoms with Crippen LogP contribution in [0, 0.1) is 0 Å². The largest absolute Gasteiger partial charge is 0.361 e. The molecule has 2 nitrogen and oxygen atoms in total. The van der Waals surface area contributed by atoms with Crippen LogP contribution in [0.4, 0.5) is 0 Å². The minimum Gasteiger partial charge on any atom is -0.361 e. The van der Waals surface area contributed by atoms with Gasteiger partial charge in [0.15, 0.2) is 0 Å². The number of nitrogens with one attached hydrogen (secondary N) is 2. The first-order valence-corrected chi connectivity index (χ1v) is 6.73. The van der Waals surface area contributed by atoms with E-state index in [9.17, 15) is 0 Å². The zero-order valence-electron chi connectivity index (χ0n) is 10.9. The molecule has 2 aromatic carbocycles. The van der Waals surface area contributed by atoms with Gasteiger partial charge in [-0.15, -0.1) is 0 Å². The van der Waals surface area contributed by atoms with Crippen molar-refractivity contribution in [1.29, 1.82) is 0 Å². The number of hydrogen-bond acceptors (Lipinski definition) is 1. The van der Waals surface area contributed by atoms with Crippen molar-refractivity contribution in [2.75, 3.05) is 6.54 Å². The Labute approximate surface area is 113 Å². The lowest BCUT2D eigenvalue weighted by atomic mass is 10.0. The third-order valence-electron chi connectivity index (χ3n) is 3.47. The van der Waals surface area contributed by atoms with Gasteiger partial charge in [-0.2, -0.15) is 0 Å². The molecule has 1 aromatic heterocycles. The average molecular weight is 250 g/mol. The zero-order chi connectivity index (χ0) is 12.9. The molecule has 1 aliphatic heterocycles. The highest BCUT2D eigenvalue weighted by molar-refractivity contribution is 5.78. The molecular weight excluding hydrogens is 232 g/mol. The molecule has 2 heterocycles. The lowest BCUT2D eigenvalue weighted by Crippen LogP contribution is -2.23. The molecule has 2 heteroatoms. The minimum atomic E-state index is 1.05. The van der Waals surface area contributed by atoms with Gasteiger partial charge in [0, 0.05) is 18.3 Å². The Bertz CT molecular complexity index is 600. The number of aromatic amines is 1. The standard InChI is InChI=1S/C9H11N.C8H7N/c1-2-4-9-7-10-6-5-8(9)3-1;1-2-4-8-7(3-1)5-6-9-8/h1-4,10H,5-7H2;1-6,9H. The van der Waals surface area contributed by atoms with Crippen molar-refractivity contribution in [3.8, 4) is 0 Å². The van der Waals surface area contributed by atoms with Gasteiger partial charge < -0.3 is 10.3 Å². The van der Waals surface area contributed by atoms with Crippen LogP contribution in [-0.4, -0.2) is 11.5 Å². The number of rotatable bonds is 0. The fourth-order valence-corrected chi connectivity index (χ4v) is 2.41. The molecule has 0 aliphatic carbocycles. The molecule has 96 valence electrons. The Kier molecular flexibility index (Phi) is 3.61. The van der Waals surface area contributed by atoms with Crippen LogP contribution < -0.4 is 5.32 Å². The third kappa shape index (κ3) is 2.85.